The number of Topliss-reactive ketones (excluding diaryl/α,β-unsaturated/α-hetero) is 1. The highest BCUT2D eigenvalue weighted by atomic mass is 35.5. The lowest BCUT2D eigenvalue weighted by Gasteiger charge is -2.07. The summed E-state index contributed by atoms with van der Waals surface area (Å²) >= 11 is 5.70. The molecule has 1 heterocycles. The lowest BCUT2D eigenvalue weighted by molar-refractivity contribution is -0.385. The van der Waals surface area contributed by atoms with E-state index in [0.717, 1.165) is 0 Å². The second-order valence-corrected chi connectivity index (χ2v) is 4.52. The zero-order valence-electron chi connectivity index (χ0n) is 10.6. The molecule has 1 aromatic heterocycles. The Morgan fingerprint density at radius 3 is 2.80 bits per heavy atom. The van der Waals surface area contributed by atoms with Gasteiger partial charge in [-0.05, 0) is 24.3 Å². The van der Waals surface area contributed by atoms with E-state index in [1.165, 1.54) is 18.2 Å². The third kappa shape index (κ3) is 2.97. The van der Waals surface area contributed by atoms with Crippen molar-refractivity contribution in [3.63, 3.8) is 0 Å². The molecule has 1 aromatic carbocycles. The van der Waals surface area contributed by atoms with Gasteiger partial charge in [0.1, 0.15) is 0 Å². The van der Waals surface area contributed by atoms with E-state index < -0.39 is 4.92 Å². The highest BCUT2D eigenvalue weighted by Gasteiger charge is 2.17. The average Bonchev–Trinajstić information content (AvgIpc) is 2.83. The lowest BCUT2D eigenvalue weighted by atomic mass is 10.3. The fourth-order valence-corrected chi connectivity index (χ4v) is 1.89. The van der Waals surface area contributed by atoms with Crippen molar-refractivity contribution in [3.8, 4) is 5.75 Å². The van der Waals surface area contributed by atoms with Crippen LogP contribution in [0, 0.1) is 10.1 Å². The summed E-state index contributed by atoms with van der Waals surface area (Å²) in [6.07, 6.45) is 1.73. The number of ketones is 1. The van der Waals surface area contributed by atoms with Crippen LogP contribution in [0.5, 0.6) is 5.75 Å². The highest BCUT2D eigenvalue weighted by Crippen LogP contribution is 2.29. The molecule has 0 aliphatic carbocycles. The van der Waals surface area contributed by atoms with Gasteiger partial charge in [-0.3, -0.25) is 14.9 Å². The zero-order chi connectivity index (χ0) is 14.7. The summed E-state index contributed by atoms with van der Waals surface area (Å²) in [5.41, 5.74) is 0.207. The first kappa shape index (κ1) is 14.1. The number of halogens is 1. The maximum atomic E-state index is 11.9. The number of hydrogen-bond acceptors (Lipinski definition) is 4. The monoisotopic (exact) mass is 294 g/mol. The smallest absolute Gasteiger partial charge is 0.312 e. The second kappa shape index (κ2) is 5.75. The molecule has 104 valence electrons. The largest absolute Gasteiger partial charge is 0.478 e. The molecule has 0 atom stereocenters. The number of carbonyl (C=O) groups is 1. The summed E-state index contributed by atoms with van der Waals surface area (Å²) in [6, 6.07) is 7.42. The van der Waals surface area contributed by atoms with Crippen LogP contribution < -0.4 is 4.74 Å². The lowest BCUT2D eigenvalue weighted by Crippen LogP contribution is -2.15. The van der Waals surface area contributed by atoms with E-state index in [4.69, 9.17) is 16.3 Å². The van der Waals surface area contributed by atoms with E-state index in [9.17, 15) is 14.9 Å². The minimum atomic E-state index is -0.603. The minimum absolute atomic E-state index is 0.0157. The van der Waals surface area contributed by atoms with Crippen LogP contribution in [0.1, 0.15) is 10.5 Å². The first-order chi connectivity index (χ1) is 9.49. The third-order valence-electron chi connectivity index (χ3n) is 2.71. The van der Waals surface area contributed by atoms with Crippen LogP contribution in [0.25, 0.3) is 0 Å². The van der Waals surface area contributed by atoms with Crippen LogP contribution in [-0.4, -0.2) is 21.9 Å². The molecule has 0 spiro atoms. The van der Waals surface area contributed by atoms with Gasteiger partial charge in [-0.1, -0.05) is 11.6 Å². The Labute approximate surface area is 119 Å². The fourth-order valence-electron chi connectivity index (χ4n) is 1.72. The number of benzene rings is 1. The van der Waals surface area contributed by atoms with Crippen LogP contribution in [-0.2, 0) is 7.05 Å². The number of hydrogen-bond donors (Lipinski definition) is 0. The van der Waals surface area contributed by atoms with Gasteiger partial charge in [-0.25, -0.2) is 0 Å². The summed E-state index contributed by atoms with van der Waals surface area (Å²) in [7, 11) is 1.73. The van der Waals surface area contributed by atoms with E-state index >= 15 is 0 Å². The molecule has 0 unspecified atom stereocenters. The van der Waals surface area contributed by atoms with Gasteiger partial charge in [-0.15, -0.1) is 0 Å². The maximum Gasteiger partial charge on any atom is 0.312 e. The number of nitro benzene ring substituents is 1. The van der Waals surface area contributed by atoms with Gasteiger partial charge in [0.05, 0.1) is 10.6 Å². The van der Waals surface area contributed by atoms with E-state index in [-0.39, 0.29) is 28.8 Å². The van der Waals surface area contributed by atoms with Crippen molar-refractivity contribution in [2.75, 3.05) is 6.61 Å². The molecule has 0 aliphatic heterocycles. The summed E-state index contributed by atoms with van der Waals surface area (Å²) in [5.74, 6) is -0.247. The molecule has 20 heavy (non-hydrogen) atoms. The SMILES string of the molecule is Cn1cccc1C(=O)COc1ccc(Cl)cc1[N+](=O)[O-]. The van der Waals surface area contributed by atoms with Crippen molar-refractivity contribution in [1.82, 2.24) is 4.57 Å². The standard InChI is InChI=1S/C13H11ClN2O4/c1-15-6-2-3-10(15)12(17)8-20-13-5-4-9(14)7-11(13)16(18)19/h2-7H,8H2,1H3. The second-order valence-electron chi connectivity index (χ2n) is 4.09. The molecular weight excluding hydrogens is 284 g/mol. The van der Waals surface area contributed by atoms with Crippen molar-refractivity contribution in [2.24, 2.45) is 7.05 Å². The number of aromatic nitrogens is 1. The van der Waals surface area contributed by atoms with Crippen LogP contribution >= 0.6 is 11.6 Å². The molecule has 0 fully saturated rings. The minimum Gasteiger partial charge on any atom is -0.478 e. The Morgan fingerprint density at radius 1 is 1.45 bits per heavy atom. The predicted molar refractivity (Wildman–Crippen MR) is 73.3 cm³/mol. The summed E-state index contributed by atoms with van der Waals surface area (Å²) in [6.45, 7) is -0.277. The molecule has 0 N–H and O–H groups in total. The summed E-state index contributed by atoms with van der Waals surface area (Å²) in [4.78, 5) is 22.2. The van der Waals surface area contributed by atoms with Gasteiger partial charge in [0.2, 0.25) is 5.78 Å². The van der Waals surface area contributed by atoms with Crippen molar-refractivity contribution in [1.29, 1.82) is 0 Å². The molecule has 7 heteroatoms. The normalized spacial score (nSPS) is 10.3. The Morgan fingerprint density at radius 2 is 2.20 bits per heavy atom. The molecular formula is C13H11ClN2O4. The van der Waals surface area contributed by atoms with Gasteiger partial charge in [0.15, 0.2) is 12.4 Å². The van der Waals surface area contributed by atoms with E-state index in [0.29, 0.717) is 5.69 Å². The molecule has 0 saturated heterocycles. The number of rotatable bonds is 5. The number of ether oxygens (including phenoxy) is 1. The van der Waals surface area contributed by atoms with Crippen LogP contribution in [0.15, 0.2) is 36.5 Å². The average molecular weight is 295 g/mol. The number of nitrogens with zero attached hydrogens (tertiary/aromatic N) is 2. The quantitative estimate of drug-likeness (QED) is 0.483. The predicted octanol–water partition coefficient (Wildman–Crippen LogP) is 2.85. The van der Waals surface area contributed by atoms with Crippen LogP contribution in [0.2, 0.25) is 5.02 Å². The number of carbonyl (C=O) groups excluding carboxylic acids is 1. The molecule has 2 aromatic rings. The van der Waals surface area contributed by atoms with Crippen molar-refractivity contribution < 1.29 is 14.5 Å². The first-order valence-corrected chi connectivity index (χ1v) is 6.08. The highest BCUT2D eigenvalue weighted by molar-refractivity contribution is 6.30. The summed E-state index contributed by atoms with van der Waals surface area (Å²) < 4.78 is 6.89. The Hall–Kier alpha value is -2.34. The molecule has 6 nitrogen and oxygen atoms in total. The van der Waals surface area contributed by atoms with Crippen LogP contribution in [0.4, 0.5) is 5.69 Å². The van der Waals surface area contributed by atoms with Gasteiger partial charge >= 0.3 is 5.69 Å². The molecule has 0 saturated carbocycles. The number of nitro groups is 1. The van der Waals surface area contributed by atoms with Gasteiger partial charge in [-0.2, -0.15) is 0 Å². The third-order valence-corrected chi connectivity index (χ3v) is 2.94. The molecule has 0 amide bonds. The topological polar surface area (TPSA) is 74.4 Å². The first-order valence-electron chi connectivity index (χ1n) is 5.70. The summed E-state index contributed by atoms with van der Waals surface area (Å²) in [5, 5.41) is 11.1. The number of aryl methyl sites for hydroxylation is 1. The van der Waals surface area contributed by atoms with Gasteiger partial charge in [0, 0.05) is 24.3 Å². The van der Waals surface area contributed by atoms with Crippen molar-refractivity contribution >= 4 is 23.1 Å². The van der Waals surface area contributed by atoms with E-state index in [1.54, 1.807) is 29.9 Å². The van der Waals surface area contributed by atoms with Gasteiger partial charge in [0.25, 0.3) is 0 Å². The van der Waals surface area contributed by atoms with Crippen molar-refractivity contribution in [2.45, 2.75) is 0 Å². The maximum absolute atomic E-state index is 11.9. The van der Waals surface area contributed by atoms with Crippen LogP contribution in [0.3, 0.4) is 0 Å². The molecule has 2 rings (SSSR count). The van der Waals surface area contributed by atoms with E-state index in [2.05, 4.69) is 0 Å². The molecule has 0 aliphatic rings. The Balaban J connectivity index is 2.14. The zero-order valence-corrected chi connectivity index (χ0v) is 11.3. The molecule has 0 radical (unpaired) electrons. The fraction of sp³-hybridized carbons (Fsp3) is 0.154. The van der Waals surface area contributed by atoms with Crippen molar-refractivity contribution in [3.05, 3.63) is 57.4 Å². The van der Waals surface area contributed by atoms with E-state index in [1.807, 2.05) is 0 Å². The molecule has 0 bridgehead atoms. The Bertz CT molecular complexity index is 666. The Kier molecular flexibility index (Phi) is 4.05. The van der Waals surface area contributed by atoms with Gasteiger partial charge < -0.3 is 9.30 Å².